The number of alkyl halides is 3. The highest BCUT2D eigenvalue weighted by molar-refractivity contribution is 5.95. The van der Waals surface area contributed by atoms with Crippen LogP contribution in [0.3, 0.4) is 0 Å². The maximum Gasteiger partial charge on any atom is 0.276 e. The minimum Gasteiger partial charge on any atom is -0.392 e. The van der Waals surface area contributed by atoms with E-state index < -0.39 is 41.6 Å². The van der Waals surface area contributed by atoms with Crippen molar-refractivity contribution < 1.29 is 17.6 Å². The third kappa shape index (κ3) is 3.49. The zero-order valence-corrected chi connectivity index (χ0v) is 16.9. The number of aromatic nitrogens is 3. The Bertz CT molecular complexity index is 1220. The fraction of sp³-hybridized carbons (Fsp3) is 0.381. The summed E-state index contributed by atoms with van der Waals surface area (Å²) >= 11 is 0. The maximum atomic E-state index is 14.6. The van der Waals surface area contributed by atoms with Gasteiger partial charge in [0.05, 0.1) is 22.5 Å². The lowest BCUT2D eigenvalue weighted by atomic mass is 10.0. The fourth-order valence-electron chi connectivity index (χ4n) is 3.73. The summed E-state index contributed by atoms with van der Waals surface area (Å²) in [6.45, 7) is 2.48. The lowest BCUT2D eigenvalue weighted by Gasteiger charge is -2.21. The fourth-order valence-corrected chi connectivity index (χ4v) is 3.73. The average molecular weight is 435 g/mol. The second kappa shape index (κ2) is 7.51. The van der Waals surface area contributed by atoms with Gasteiger partial charge in [-0.2, -0.15) is 0 Å². The molecule has 1 fully saturated rings. The molecule has 4 rings (SSSR count). The number of nitrogen functional groups attached to an aromatic ring is 1. The topological polar surface area (TPSA) is 85.8 Å². The summed E-state index contributed by atoms with van der Waals surface area (Å²) in [6, 6.07) is 3.05. The molecule has 31 heavy (non-hydrogen) atoms. The van der Waals surface area contributed by atoms with Crippen LogP contribution in [0.1, 0.15) is 49.2 Å². The van der Waals surface area contributed by atoms with Crippen LogP contribution in [0.4, 0.5) is 29.1 Å². The Labute approximate surface area is 175 Å². The number of nitrogens with one attached hydrogen (secondary N) is 1. The molecule has 0 unspecified atom stereocenters. The van der Waals surface area contributed by atoms with E-state index in [2.05, 4.69) is 15.3 Å². The summed E-state index contributed by atoms with van der Waals surface area (Å²) in [6.07, 6.45) is -0.474. The van der Waals surface area contributed by atoms with E-state index in [1.165, 1.54) is 22.9 Å². The number of hydrogen-bond donors (Lipinski definition) is 2. The van der Waals surface area contributed by atoms with Crippen molar-refractivity contribution in [2.24, 2.45) is 0 Å². The molecule has 3 N–H and O–H groups in total. The highest BCUT2D eigenvalue weighted by Gasteiger charge is 2.46. The van der Waals surface area contributed by atoms with Gasteiger partial charge in [0, 0.05) is 11.8 Å². The van der Waals surface area contributed by atoms with E-state index in [-0.39, 0.29) is 22.6 Å². The van der Waals surface area contributed by atoms with Crippen LogP contribution >= 0.6 is 0 Å². The predicted octanol–water partition coefficient (Wildman–Crippen LogP) is 4.39. The van der Waals surface area contributed by atoms with Gasteiger partial charge in [0.25, 0.3) is 12.0 Å². The van der Waals surface area contributed by atoms with E-state index in [9.17, 15) is 22.4 Å². The van der Waals surface area contributed by atoms with E-state index in [1.807, 2.05) is 0 Å². The number of rotatable bonds is 6. The lowest BCUT2D eigenvalue weighted by molar-refractivity contribution is 0.146. The van der Waals surface area contributed by atoms with E-state index >= 15 is 0 Å². The van der Waals surface area contributed by atoms with E-state index in [0.29, 0.717) is 24.1 Å². The van der Waals surface area contributed by atoms with E-state index in [1.54, 1.807) is 13.8 Å². The van der Waals surface area contributed by atoms with Gasteiger partial charge in [-0.05, 0) is 26.7 Å². The number of hydrogen-bond acceptors (Lipinski definition) is 5. The first kappa shape index (κ1) is 21.1. The molecule has 0 amide bonds. The normalized spacial score (nSPS) is 16.0. The molecular formula is C21H21F4N5O. The van der Waals surface area contributed by atoms with Gasteiger partial charge in [-0.15, -0.1) is 0 Å². The first-order chi connectivity index (χ1) is 14.7. The Morgan fingerprint density at radius 2 is 1.94 bits per heavy atom. The monoisotopic (exact) mass is 435 g/mol. The van der Waals surface area contributed by atoms with Crippen molar-refractivity contribution in [3.63, 3.8) is 0 Å². The predicted molar refractivity (Wildman–Crippen MR) is 110 cm³/mol. The molecular weight excluding hydrogens is 414 g/mol. The smallest absolute Gasteiger partial charge is 0.276 e. The number of halogens is 4. The number of nitrogens with zero attached hydrogens (tertiary/aromatic N) is 3. The number of nitrogens with two attached hydrogens (primary N) is 1. The van der Waals surface area contributed by atoms with Crippen molar-refractivity contribution in [2.75, 3.05) is 17.7 Å². The first-order valence-electron chi connectivity index (χ1n) is 9.77. The summed E-state index contributed by atoms with van der Waals surface area (Å²) in [5, 5.41) is 3.37. The Balaban J connectivity index is 1.83. The molecule has 3 aromatic rings. The first-order valence-corrected chi connectivity index (χ1v) is 9.77. The maximum absolute atomic E-state index is 14.6. The van der Waals surface area contributed by atoms with Gasteiger partial charge in [0.15, 0.2) is 0 Å². The second-order valence-corrected chi connectivity index (χ2v) is 7.87. The van der Waals surface area contributed by atoms with E-state index in [4.69, 9.17) is 5.73 Å². The molecule has 0 saturated heterocycles. The van der Waals surface area contributed by atoms with Crippen molar-refractivity contribution in [2.45, 2.75) is 44.7 Å². The molecule has 2 aromatic heterocycles. The largest absolute Gasteiger partial charge is 0.392 e. The Morgan fingerprint density at radius 3 is 2.55 bits per heavy atom. The SMILES string of the molecule is Cc1nc(N[C@H](C)c2cccc(C(F)F)c2F)c2cn(C3(CF)CC3)c(=O)c(N)c2n1. The van der Waals surface area contributed by atoms with Gasteiger partial charge >= 0.3 is 0 Å². The molecule has 164 valence electrons. The Hall–Kier alpha value is -3.17. The molecule has 1 aromatic carbocycles. The Morgan fingerprint density at radius 1 is 1.26 bits per heavy atom. The molecule has 0 spiro atoms. The quantitative estimate of drug-likeness (QED) is 0.561. The molecule has 1 atom stereocenters. The molecule has 10 heteroatoms. The van der Waals surface area contributed by atoms with E-state index in [0.717, 1.165) is 6.07 Å². The number of benzene rings is 1. The average Bonchev–Trinajstić information content (AvgIpc) is 3.52. The minimum absolute atomic E-state index is 0.0333. The molecule has 1 aliphatic rings. The molecule has 1 aliphatic carbocycles. The van der Waals surface area contributed by atoms with Crippen LogP contribution in [0.5, 0.6) is 0 Å². The second-order valence-electron chi connectivity index (χ2n) is 7.87. The summed E-state index contributed by atoms with van der Waals surface area (Å²) in [4.78, 5) is 21.3. The third-order valence-corrected chi connectivity index (χ3v) is 5.72. The molecule has 1 saturated carbocycles. The van der Waals surface area contributed by atoms with Crippen LogP contribution in [0.2, 0.25) is 0 Å². The summed E-state index contributed by atoms with van der Waals surface area (Å²) in [5.41, 5.74) is 3.98. The van der Waals surface area contributed by atoms with Gasteiger partial charge in [-0.1, -0.05) is 18.2 Å². The lowest BCUT2D eigenvalue weighted by Crippen LogP contribution is -2.33. The zero-order chi connectivity index (χ0) is 22.5. The zero-order valence-electron chi connectivity index (χ0n) is 16.9. The number of aryl methyl sites for hydroxylation is 1. The number of anilines is 2. The van der Waals surface area contributed by atoms with Crippen LogP contribution in [0.25, 0.3) is 10.9 Å². The van der Waals surface area contributed by atoms with Crippen molar-refractivity contribution >= 4 is 22.4 Å². The molecule has 0 radical (unpaired) electrons. The summed E-state index contributed by atoms with van der Waals surface area (Å²) in [5.74, 6) is -0.454. The van der Waals surface area contributed by atoms with Crippen molar-refractivity contribution in [1.29, 1.82) is 0 Å². The van der Waals surface area contributed by atoms with Gasteiger partial charge in [-0.3, -0.25) is 4.79 Å². The van der Waals surface area contributed by atoms with Gasteiger partial charge < -0.3 is 15.6 Å². The van der Waals surface area contributed by atoms with Gasteiger partial charge in [0.2, 0.25) is 0 Å². The number of fused-ring (bicyclic) bond motifs is 1. The highest BCUT2D eigenvalue weighted by Crippen LogP contribution is 2.44. The molecule has 6 nitrogen and oxygen atoms in total. The van der Waals surface area contributed by atoms with Crippen LogP contribution in [0.15, 0.2) is 29.2 Å². The number of pyridine rings is 1. The van der Waals surface area contributed by atoms with Crippen molar-refractivity contribution in [1.82, 2.24) is 14.5 Å². The van der Waals surface area contributed by atoms with Gasteiger partial charge in [0.1, 0.15) is 35.3 Å². The summed E-state index contributed by atoms with van der Waals surface area (Å²) in [7, 11) is 0. The van der Waals surface area contributed by atoms with Crippen LogP contribution < -0.4 is 16.6 Å². The Kier molecular flexibility index (Phi) is 5.10. The standard InChI is InChI=1S/C21H21F4N5O/c1-10(12-4-3-5-13(15(12)23)18(24)25)27-19-14-8-30(21(9-22)6-7-21)20(31)16(26)17(14)28-11(2)29-19/h3-5,8,10,18H,6-7,9,26H2,1-2H3,(H,27,28,29)/t10-/m1/s1. The van der Waals surface area contributed by atoms with Crippen LogP contribution in [-0.2, 0) is 5.54 Å². The third-order valence-electron chi connectivity index (χ3n) is 5.72. The van der Waals surface area contributed by atoms with Crippen LogP contribution in [0, 0.1) is 12.7 Å². The molecule has 0 aliphatic heterocycles. The van der Waals surface area contributed by atoms with Gasteiger partial charge in [-0.25, -0.2) is 27.5 Å². The minimum atomic E-state index is -2.95. The van der Waals surface area contributed by atoms with Crippen LogP contribution in [-0.4, -0.2) is 21.2 Å². The summed E-state index contributed by atoms with van der Waals surface area (Å²) < 4.78 is 55.7. The highest BCUT2D eigenvalue weighted by atomic mass is 19.3. The van der Waals surface area contributed by atoms with Crippen molar-refractivity contribution in [3.05, 3.63) is 57.5 Å². The van der Waals surface area contributed by atoms with Crippen molar-refractivity contribution in [3.8, 4) is 0 Å². The molecule has 0 bridgehead atoms. The molecule has 2 heterocycles.